The molecule has 1 N–H and O–H groups in total. The molecule has 5 nitrogen and oxygen atoms in total. The molecular formula is C15H22N2O3S. The van der Waals surface area contributed by atoms with Crippen LogP contribution in [-0.4, -0.2) is 43.0 Å². The molecule has 1 aliphatic heterocycles. The smallest absolute Gasteiger partial charge is 0.294 e. The molecule has 0 fully saturated rings. The fourth-order valence-electron chi connectivity index (χ4n) is 1.88. The lowest BCUT2D eigenvalue weighted by Crippen LogP contribution is -2.21. The Hall–Kier alpha value is -1.79. The third-order valence-electron chi connectivity index (χ3n) is 3.13. The van der Waals surface area contributed by atoms with Gasteiger partial charge >= 0.3 is 0 Å². The summed E-state index contributed by atoms with van der Waals surface area (Å²) in [6.45, 7) is 9.05. The molecule has 2 rings (SSSR count). The topological polar surface area (TPSA) is 60.9 Å². The van der Waals surface area contributed by atoms with Crippen molar-refractivity contribution in [2.24, 2.45) is 0 Å². The number of nitrogens with zero attached hydrogens (tertiary/aromatic N) is 2. The highest BCUT2D eigenvalue weighted by atomic mass is 32.2. The van der Waals surface area contributed by atoms with Crippen LogP contribution < -0.4 is 0 Å². The van der Waals surface area contributed by atoms with Crippen molar-refractivity contribution in [3.63, 3.8) is 0 Å². The van der Waals surface area contributed by atoms with Crippen molar-refractivity contribution in [2.75, 3.05) is 20.3 Å². The molecule has 0 saturated carbocycles. The minimum Gasteiger partial charge on any atom is -0.362 e. The van der Waals surface area contributed by atoms with Gasteiger partial charge in [-0.3, -0.25) is 4.55 Å². The average molecular weight is 310 g/mol. The van der Waals surface area contributed by atoms with E-state index in [4.69, 9.17) is 4.55 Å². The molecule has 1 heterocycles. The van der Waals surface area contributed by atoms with E-state index in [1.54, 1.807) is 26.0 Å². The van der Waals surface area contributed by atoms with E-state index < -0.39 is 10.1 Å². The molecule has 1 aromatic rings. The molecule has 0 bridgehead atoms. The van der Waals surface area contributed by atoms with E-state index in [9.17, 15) is 8.42 Å². The zero-order valence-corrected chi connectivity index (χ0v) is 13.5. The van der Waals surface area contributed by atoms with Crippen molar-refractivity contribution < 1.29 is 13.0 Å². The first-order valence-corrected chi connectivity index (χ1v) is 7.97. The van der Waals surface area contributed by atoms with Gasteiger partial charge in [0.25, 0.3) is 10.1 Å². The Morgan fingerprint density at radius 3 is 2.43 bits per heavy atom. The molecule has 21 heavy (non-hydrogen) atoms. The van der Waals surface area contributed by atoms with Crippen LogP contribution in [0.1, 0.15) is 11.1 Å². The summed E-state index contributed by atoms with van der Waals surface area (Å²) in [5.74, 6) is 0. The van der Waals surface area contributed by atoms with Gasteiger partial charge in [-0.2, -0.15) is 8.42 Å². The third kappa shape index (κ3) is 5.24. The molecule has 6 heteroatoms. The zero-order chi connectivity index (χ0) is 16.0. The number of rotatable bonds is 3. The van der Waals surface area contributed by atoms with E-state index in [2.05, 4.69) is 35.8 Å². The molecule has 0 aliphatic carbocycles. The lowest BCUT2D eigenvalue weighted by atomic mass is 10.1. The van der Waals surface area contributed by atoms with E-state index in [1.807, 2.05) is 6.08 Å². The Morgan fingerprint density at radius 1 is 1.33 bits per heavy atom. The summed E-state index contributed by atoms with van der Waals surface area (Å²) in [5.41, 5.74) is 1.45. The Morgan fingerprint density at radius 2 is 2.00 bits per heavy atom. The highest BCUT2D eigenvalue weighted by molar-refractivity contribution is 7.85. The largest absolute Gasteiger partial charge is 0.362 e. The summed E-state index contributed by atoms with van der Waals surface area (Å²) in [4.78, 5) is 4.30. The Labute approximate surface area is 126 Å². The van der Waals surface area contributed by atoms with Crippen molar-refractivity contribution in [2.45, 2.75) is 18.7 Å². The number of aryl methyl sites for hydroxylation is 1. The summed E-state index contributed by atoms with van der Waals surface area (Å²) in [5, 5.41) is 0. The van der Waals surface area contributed by atoms with E-state index in [0.717, 1.165) is 18.8 Å². The SMILES string of the molecule is C=CCN1C=CN(C)C1.Cc1cccc(S(=O)(=O)O)c1C. The first-order chi connectivity index (χ1) is 9.75. The van der Waals surface area contributed by atoms with Gasteiger partial charge in [0.15, 0.2) is 0 Å². The van der Waals surface area contributed by atoms with Gasteiger partial charge in [0.2, 0.25) is 0 Å². The summed E-state index contributed by atoms with van der Waals surface area (Å²) < 4.78 is 30.3. The first-order valence-electron chi connectivity index (χ1n) is 6.53. The van der Waals surface area contributed by atoms with Crippen LogP contribution >= 0.6 is 0 Å². The fourth-order valence-corrected chi connectivity index (χ4v) is 2.68. The summed E-state index contributed by atoms with van der Waals surface area (Å²) in [6, 6.07) is 4.78. The molecule has 0 saturated heterocycles. The second kappa shape index (κ2) is 7.28. The van der Waals surface area contributed by atoms with Gasteiger partial charge in [0, 0.05) is 26.0 Å². The van der Waals surface area contributed by atoms with Crippen molar-refractivity contribution in [1.29, 1.82) is 0 Å². The molecule has 1 aromatic carbocycles. The molecule has 0 amide bonds. The Balaban J connectivity index is 0.000000219. The van der Waals surface area contributed by atoms with Gasteiger partial charge in [-0.15, -0.1) is 6.58 Å². The molecule has 1 aliphatic rings. The molecule has 0 spiro atoms. The maximum atomic E-state index is 10.8. The van der Waals surface area contributed by atoms with Gasteiger partial charge < -0.3 is 9.80 Å². The van der Waals surface area contributed by atoms with Gasteiger partial charge in [-0.25, -0.2) is 0 Å². The summed E-state index contributed by atoms with van der Waals surface area (Å²) >= 11 is 0. The third-order valence-corrected chi connectivity index (χ3v) is 4.13. The first kappa shape index (κ1) is 17.3. The second-order valence-corrected chi connectivity index (χ2v) is 6.32. The van der Waals surface area contributed by atoms with E-state index >= 15 is 0 Å². The second-order valence-electron chi connectivity index (χ2n) is 4.93. The monoisotopic (exact) mass is 310 g/mol. The van der Waals surface area contributed by atoms with E-state index in [-0.39, 0.29) is 4.90 Å². The fraction of sp³-hybridized carbons (Fsp3) is 0.333. The average Bonchev–Trinajstić information content (AvgIpc) is 2.78. The van der Waals surface area contributed by atoms with Crippen LogP contribution in [-0.2, 0) is 10.1 Å². The van der Waals surface area contributed by atoms with Crippen LogP contribution in [0.15, 0.2) is 48.1 Å². The van der Waals surface area contributed by atoms with Crippen LogP contribution in [0.25, 0.3) is 0 Å². The van der Waals surface area contributed by atoms with Crippen molar-refractivity contribution in [3.05, 3.63) is 54.4 Å². The molecule has 0 aromatic heterocycles. The van der Waals surface area contributed by atoms with Crippen molar-refractivity contribution in [3.8, 4) is 0 Å². The highest BCUT2D eigenvalue weighted by Gasteiger charge is 2.12. The molecule has 0 atom stereocenters. The molecule has 0 unspecified atom stereocenters. The maximum absolute atomic E-state index is 10.8. The molecule has 116 valence electrons. The maximum Gasteiger partial charge on any atom is 0.294 e. The zero-order valence-electron chi connectivity index (χ0n) is 12.7. The van der Waals surface area contributed by atoms with Crippen molar-refractivity contribution in [1.82, 2.24) is 9.80 Å². The van der Waals surface area contributed by atoms with Crippen molar-refractivity contribution >= 4 is 10.1 Å². The van der Waals surface area contributed by atoms with E-state index in [1.165, 1.54) is 6.07 Å². The summed E-state index contributed by atoms with van der Waals surface area (Å²) in [7, 11) is -2.00. The number of benzene rings is 1. The van der Waals surface area contributed by atoms with Crippen LogP contribution in [0.4, 0.5) is 0 Å². The van der Waals surface area contributed by atoms with Gasteiger partial charge in [-0.05, 0) is 31.0 Å². The predicted molar refractivity (Wildman–Crippen MR) is 84.4 cm³/mol. The van der Waals surface area contributed by atoms with Gasteiger partial charge in [0.05, 0.1) is 11.6 Å². The normalized spacial score (nSPS) is 13.9. The van der Waals surface area contributed by atoms with Crippen LogP contribution in [0, 0.1) is 13.8 Å². The Kier molecular flexibility index (Phi) is 5.99. The lowest BCUT2D eigenvalue weighted by molar-refractivity contribution is 0.318. The van der Waals surface area contributed by atoms with Gasteiger partial charge in [0.1, 0.15) is 0 Å². The standard InChI is InChI=1S/C8H10O3S.C7H12N2/c1-6-4-3-5-8(7(6)2)12(9,10)11;1-3-4-9-6-5-8(2)7-9/h3-5H,1-2H3,(H,9,10,11);3,5-6H,1,4,7H2,2H3. The highest BCUT2D eigenvalue weighted by Crippen LogP contribution is 2.17. The summed E-state index contributed by atoms with van der Waals surface area (Å²) in [6.07, 6.45) is 6.04. The van der Waals surface area contributed by atoms with Gasteiger partial charge in [-0.1, -0.05) is 18.2 Å². The minimum atomic E-state index is -4.06. The minimum absolute atomic E-state index is 0.0116. The number of hydrogen-bond donors (Lipinski definition) is 1. The predicted octanol–water partition coefficient (Wildman–Crippen LogP) is 2.40. The number of hydrogen-bond acceptors (Lipinski definition) is 4. The van der Waals surface area contributed by atoms with Crippen LogP contribution in [0.2, 0.25) is 0 Å². The molecule has 0 radical (unpaired) electrons. The quantitative estimate of drug-likeness (QED) is 0.686. The Bertz CT molecular complexity index is 624. The molecular weight excluding hydrogens is 288 g/mol. The van der Waals surface area contributed by atoms with Crippen LogP contribution in [0.5, 0.6) is 0 Å². The van der Waals surface area contributed by atoms with Crippen LogP contribution in [0.3, 0.4) is 0 Å². The lowest BCUT2D eigenvalue weighted by Gasteiger charge is -2.15. The van der Waals surface area contributed by atoms with E-state index in [0.29, 0.717) is 5.56 Å².